The Hall–Kier alpha value is -0.950. The summed E-state index contributed by atoms with van der Waals surface area (Å²) in [4.78, 5) is 0.0542. The molecule has 0 aliphatic carbocycles. The highest BCUT2D eigenvalue weighted by molar-refractivity contribution is 7.85. The molecule has 0 bridgehead atoms. The van der Waals surface area contributed by atoms with Crippen molar-refractivity contribution in [3.8, 4) is 0 Å². The van der Waals surface area contributed by atoms with E-state index in [0.717, 1.165) is 31.4 Å². The average molecular weight is 444 g/mol. The van der Waals surface area contributed by atoms with Crippen molar-refractivity contribution in [1.29, 1.82) is 0 Å². The van der Waals surface area contributed by atoms with E-state index in [0.29, 0.717) is 13.0 Å². The lowest BCUT2D eigenvalue weighted by molar-refractivity contribution is 0.282. The highest BCUT2D eigenvalue weighted by atomic mass is 32.2. The zero-order valence-electron chi connectivity index (χ0n) is 19.0. The van der Waals surface area contributed by atoms with Crippen molar-refractivity contribution in [2.24, 2.45) is 5.73 Å². The molecule has 1 aromatic rings. The lowest BCUT2D eigenvalue weighted by atomic mass is 10.1. The molecule has 0 spiro atoms. The molecule has 6 heteroatoms. The van der Waals surface area contributed by atoms with Gasteiger partial charge >= 0.3 is 0 Å². The molecule has 0 heterocycles. The first-order valence-corrected chi connectivity index (χ1v) is 13.3. The zero-order valence-corrected chi connectivity index (χ0v) is 19.8. The molecule has 0 unspecified atom stereocenters. The van der Waals surface area contributed by atoms with Crippen LogP contribution >= 0.6 is 0 Å². The van der Waals surface area contributed by atoms with E-state index in [9.17, 15) is 8.42 Å². The summed E-state index contributed by atoms with van der Waals surface area (Å²) in [7, 11) is -4.08. The number of rotatable bonds is 17. The van der Waals surface area contributed by atoms with Gasteiger partial charge in [-0.1, -0.05) is 95.8 Å². The van der Waals surface area contributed by atoms with Crippen LogP contribution in [0.5, 0.6) is 0 Å². The molecule has 0 aliphatic heterocycles. The molecule has 0 aliphatic rings. The van der Waals surface area contributed by atoms with Gasteiger partial charge in [-0.05, 0) is 43.9 Å². The van der Waals surface area contributed by atoms with E-state index in [1.54, 1.807) is 18.2 Å². The zero-order chi connectivity index (χ0) is 22.5. The maximum atomic E-state index is 11.2. The van der Waals surface area contributed by atoms with Gasteiger partial charge in [0.2, 0.25) is 0 Å². The molecule has 176 valence electrons. The number of hydrogen-bond acceptors (Lipinski definition) is 4. The monoisotopic (exact) mass is 443 g/mol. The number of aliphatic hydroxyl groups excluding tert-OH is 1. The molecule has 0 fully saturated rings. The molecule has 0 amide bonds. The minimum atomic E-state index is -4.08. The van der Waals surface area contributed by atoms with Crippen LogP contribution < -0.4 is 5.73 Å². The SMILES string of the molecule is CCCCCCCCc1ccccc1S(=O)(=O)O.NCCCCCCCCCCO. The van der Waals surface area contributed by atoms with Crippen LogP contribution in [0.3, 0.4) is 0 Å². The molecular formula is C24H45NO4S. The second kappa shape index (κ2) is 20.0. The maximum absolute atomic E-state index is 11.2. The van der Waals surface area contributed by atoms with Crippen molar-refractivity contribution in [2.45, 2.75) is 108 Å². The quantitative estimate of drug-likeness (QED) is 0.206. The third kappa shape index (κ3) is 16.8. The molecule has 1 rings (SSSR count). The normalized spacial score (nSPS) is 11.2. The van der Waals surface area contributed by atoms with Crippen molar-refractivity contribution in [1.82, 2.24) is 0 Å². The second-order valence-electron chi connectivity index (χ2n) is 7.94. The van der Waals surface area contributed by atoms with E-state index in [2.05, 4.69) is 6.92 Å². The molecule has 0 radical (unpaired) electrons. The van der Waals surface area contributed by atoms with E-state index in [-0.39, 0.29) is 4.90 Å². The highest BCUT2D eigenvalue weighted by Crippen LogP contribution is 2.18. The van der Waals surface area contributed by atoms with Crippen LogP contribution in [0.4, 0.5) is 0 Å². The topological polar surface area (TPSA) is 101 Å². The van der Waals surface area contributed by atoms with Crippen LogP contribution in [0, 0.1) is 0 Å². The molecule has 0 aromatic heterocycles. The summed E-state index contributed by atoms with van der Waals surface area (Å²) in [6, 6.07) is 6.67. The van der Waals surface area contributed by atoms with Gasteiger partial charge in [-0.25, -0.2) is 0 Å². The summed E-state index contributed by atoms with van der Waals surface area (Å²) < 4.78 is 31.5. The van der Waals surface area contributed by atoms with Gasteiger partial charge in [-0.2, -0.15) is 8.42 Å². The van der Waals surface area contributed by atoms with Gasteiger partial charge in [0.05, 0.1) is 4.90 Å². The Bertz CT molecular complexity index is 595. The van der Waals surface area contributed by atoms with E-state index in [4.69, 9.17) is 15.4 Å². The number of benzene rings is 1. The third-order valence-corrected chi connectivity index (χ3v) is 6.12. The summed E-state index contributed by atoms with van der Waals surface area (Å²) in [6.45, 7) is 3.38. The standard InChI is InChI=1S/C14H22O3S.C10H23NO/c1-2-3-4-5-6-7-10-13-11-8-9-12-14(13)18(15,16)17;11-9-7-5-3-1-2-4-6-8-10-12/h8-9,11-12H,2-7,10H2,1H3,(H,15,16,17);12H,1-11H2. The van der Waals surface area contributed by atoms with Gasteiger partial charge in [-0.15, -0.1) is 0 Å². The van der Waals surface area contributed by atoms with Crippen molar-refractivity contribution in [3.05, 3.63) is 29.8 Å². The van der Waals surface area contributed by atoms with Gasteiger partial charge in [0.25, 0.3) is 10.1 Å². The van der Waals surface area contributed by atoms with Gasteiger partial charge in [0.15, 0.2) is 0 Å². The third-order valence-electron chi connectivity index (χ3n) is 5.16. The van der Waals surface area contributed by atoms with Gasteiger partial charge in [-0.3, -0.25) is 4.55 Å². The second-order valence-corrected chi connectivity index (χ2v) is 9.33. The smallest absolute Gasteiger partial charge is 0.294 e. The number of aryl methyl sites for hydroxylation is 1. The fourth-order valence-corrected chi connectivity index (χ4v) is 4.13. The average Bonchev–Trinajstić information content (AvgIpc) is 2.73. The van der Waals surface area contributed by atoms with Crippen LogP contribution in [0.1, 0.15) is 102 Å². The molecule has 5 nitrogen and oxygen atoms in total. The number of nitrogens with two attached hydrogens (primary N) is 1. The van der Waals surface area contributed by atoms with E-state index in [1.165, 1.54) is 76.7 Å². The molecule has 4 N–H and O–H groups in total. The van der Waals surface area contributed by atoms with Crippen molar-refractivity contribution in [3.63, 3.8) is 0 Å². The Labute approximate surface area is 185 Å². The Kier molecular flexibility index (Phi) is 19.3. The number of aliphatic hydroxyl groups is 1. The van der Waals surface area contributed by atoms with Crippen LogP contribution in [0.25, 0.3) is 0 Å². The molecule has 1 aromatic carbocycles. The highest BCUT2D eigenvalue weighted by Gasteiger charge is 2.13. The summed E-state index contributed by atoms with van der Waals surface area (Å²) in [5.74, 6) is 0. The van der Waals surface area contributed by atoms with Crippen LogP contribution in [0.15, 0.2) is 29.2 Å². The number of unbranched alkanes of at least 4 members (excludes halogenated alkanes) is 12. The predicted octanol–water partition coefficient (Wildman–Crippen LogP) is 5.89. The lowest BCUT2D eigenvalue weighted by Crippen LogP contribution is -2.03. The predicted molar refractivity (Wildman–Crippen MR) is 126 cm³/mol. The van der Waals surface area contributed by atoms with Gasteiger partial charge in [0.1, 0.15) is 0 Å². The Morgan fingerprint density at radius 3 is 1.80 bits per heavy atom. The van der Waals surface area contributed by atoms with Gasteiger partial charge < -0.3 is 10.8 Å². The Morgan fingerprint density at radius 2 is 1.27 bits per heavy atom. The summed E-state index contributed by atoms with van der Waals surface area (Å²) in [6.07, 6.45) is 17.6. The largest absolute Gasteiger partial charge is 0.396 e. The van der Waals surface area contributed by atoms with Crippen molar-refractivity contribution >= 4 is 10.1 Å². The van der Waals surface area contributed by atoms with E-state index < -0.39 is 10.1 Å². The minimum absolute atomic E-state index is 0.0542. The fraction of sp³-hybridized carbons (Fsp3) is 0.750. The van der Waals surface area contributed by atoms with Crippen molar-refractivity contribution < 1.29 is 18.1 Å². The summed E-state index contributed by atoms with van der Waals surface area (Å²) >= 11 is 0. The molecule has 30 heavy (non-hydrogen) atoms. The molecular weight excluding hydrogens is 398 g/mol. The molecule has 0 saturated carbocycles. The lowest BCUT2D eigenvalue weighted by Gasteiger charge is -2.06. The minimum Gasteiger partial charge on any atom is -0.396 e. The van der Waals surface area contributed by atoms with Crippen LogP contribution in [-0.2, 0) is 16.5 Å². The fourth-order valence-electron chi connectivity index (χ4n) is 3.37. The summed E-state index contributed by atoms with van der Waals surface area (Å²) in [5, 5.41) is 8.53. The van der Waals surface area contributed by atoms with Crippen LogP contribution in [0.2, 0.25) is 0 Å². The summed E-state index contributed by atoms with van der Waals surface area (Å²) in [5.41, 5.74) is 6.10. The Morgan fingerprint density at radius 1 is 0.767 bits per heavy atom. The maximum Gasteiger partial charge on any atom is 0.294 e. The first kappa shape index (κ1) is 29.1. The van der Waals surface area contributed by atoms with Gasteiger partial charge in [0, 0.05) is 6.61 Å². The molecule has 0 atom stereocenters. The van der Waals surface area contributed by atoms with Crippen LogP contribution in [-0.4, -0.2) is 31.2 Å². The number of hydrogen-bond donors (Lipinski definition) is 3. The van der Waals surface area contributed by atoms with E-state index in [1.807, 2.05) is 0 Å². The molecule has 0 saturated heterocycles. The van der Waals surface area contributed by atoms with Crippen molar-refractivity contribution in [2.75, 3.05) is 13.2 Å². The first-order chi connectivity index (χ1) is 14.5. The first-order valence-electron chi connectivity index (χ1n) is 11.8. The van der Waals surface area contributed by atoms with E-state index >= 15 is 0 Å². The Balaban J connectivity index is 0.000000612.